The molecular weight excluding hydrogens is 276 g/mol. The maximum absolute atomic E-state index is 11.8. The number of aromatic nitrogens is 2. The zero-order valence-electron chi connectivity index (χ0n) is 11.6. The Labute approximate surface area is 121 Å². The fourth-order valence-corrected chi connectivity index (χ4v) is 1.45. The summed E-state index contributed by atoms with van der Waals surface area (Å²) in [5.74, 6) is -1.42. The van der Waals surface area contributed by atoms with E-state index in [1.54, 1.807) is 0 Å². The van der Waals surface area contributed by atoms with Crippen molar-refractivity contribution in [3.05, 3.63) is 11.4 Å². The second-order valence-corrected chi connectivity index (χ2v) is 4.13. The van der Waals surface area contributed by atoms with E-state index in [2.05, 4.69) is 20.6 Å². The Morgan fingerprint density at radius 2 is 1.33 bits per heavy atom. The van der Waals surface area contributed by atoms with Gasteiger partial charge in [0.1, 0.15) is 0 Å². The minimum atomic E-state index is -0.549. The number of carbonyl (C=O) groups is 2. The van der Waals surface area contributed by atoms with E-state index in [0.717, 1.165) is 0 Å². The molecule has 0 bridgehead atoms. The second kappa shape index (κ2) is 7.97. The normalized spacial score (nSPS) is 10.2. The maximum atomic E-state index is 11.8. The topological polar surface area (TPSA) is 188 Å². The average Bonchev–Trinajstić information content (AvgIpc) is 2.46. The molecule has 1 heterocycles. The van der Waals surface area contributed by atoms with Crippen molar-refractivity contribution < 1.29 is 9.59 Å². The van der Waals surface area contributed by atoms with Gasteiger partial charge >= 0.3 is 0 Å². The molecule has 0 aliphatic rings. The number of rotatable bonds is 7. The van der Waals surface area contributed by atoms with Crippen LogP contribution in [0.4, 0.5) is 11.6 Å². The monoisotopic (exact) mass is 296 g/mol. The number of nitrogen functional groups attached to an aromatic ring is 2. The summed E-state index contributed by atoms with van der Waals surface area (Å²) < 4.78 is 0. The molecule has 0 aliphatic carbocycles. The Balaban J connectivity index is 2.88. The van der Waals surface area contributed by atoms with Crippen molar-refractivity contribution >= 4 is 23.5 Å². The Bertz CT molecular complexity index is 519. The number of hydrogen-bond donors (Lipinski definition) is 6. The molecular formula is C11H20N8O2. The standard InChI is InChI=1S/C11H20N8O2/c12-2-1-4-16-10(20)6-8(14)19-7(9(15)18-6)11(21)17-5-3-13/h1-5,12-13H2,(H2,14,19)(H2,15,18)(H,16,20)(H,17,21). The molecule has 10 heteroatoms. The second-order valence-electron chi connectivity index (χ2n) is 4.13. The summed E-state index contributed by atoms with van der Waals surface area (Å²) in [7, 11) is 0. The van der Waals surface area contributed by atoms with Gasteiger partial charge in [-0.2, -0.15) is 0 Å². The maximum Gasteiger partial charge on any atom is 0.273 e. The highest BCUT2D eigenvalue weighted by Gasteiger charge is 2.19. The van der Waals surface area contributed by atoms with Crippen molar-refractivity contribution in [1.82, 2.24) is 20.6 Å². The van der Waals surface area contributed by atoms with Gasteiger partial charge < -0.3 is 33.6 Å². The van der Waals surface area contributed by atoms with E-state index < -0.39 is 11.8 Å². The lowest BCUT2D eigenvalue weighted by atomic mass is 10.3. The number of anilines is 2. The third-order valence-electron chi connectivity index (χ3n) is 2.48. The summed E-state index contributed by atoms with van der Waals surface area (Å²) in [6.45, 7) is 1.37. The number of nitrogens with one attached hydrogen (secondary N) is 2. The van der Waals surface area contributed by atoms with Crippen molar-refractivity contribution in [1.29, 1.82) is 0 Å². The molecule has 2 amide bonds. The molecule has 0 radical (unpaired) electrons. The first-order valence-corrected chi connectivity index (χ1v) is 6.40. The first-order chi connectivity index (χ1) is 10.0. The number of hydrogen-bond acceptors (Lipinski definition) is 8. The van der Waals surface area contributed by atoms with Crippen LogP contribution in [0.5, 0.6) is 0 Å². The van der Waals surface area contributed by atoms with E-state index in [0.29, 0.717) is 19.5 Å². The van der Waals surface area contributed by atoms with E-state index in [1.165, 1.54) is 0 Å². The molecule has 116 valence electrons. The zero-order chi connectivity index (χ0) is 15.8. The fraction of sp³-hybridized carbons (Fsp3) is 0.455. The van der Waals surface area contributed by atoms with Gasteiger partial charge in [-0.1, -0.05) is 0 Å². The smallest absolute Gasteiger partial charge is 0.273 e. The lowest BCUT2D eigenvalue weighted by molar-refractivity contribution is 0.0936. The quantitative estimate of drug-likeness (QED) is 0.295. The predicted octanol–water partition coefficient (Wildman–Crippen LogP) is -2.59. The molecule has 0 fully saturated rings. The number of nitrogens with zero attached hydrogens (tertiary/aromatic N) is 2. The van der Waals surface area contributed by atoms with E-state index >= 15 is 0 Å². The molecule has 10 nitrogen and oxygen atoms in total. The van der Waals surface area contributed by atoms with Crippen LogP contribution in [0.2, 0.25) is 0 Å². The molecule has 21 heavy (non-hydrogen) atoms. The van der Waals surface area contributed by atoms with E-state index in [4.69, 9.17) is 22.9 Å². The molecule has 1 aromatic heterocycles. The third-order valence-corrected chi connectivity index (χ3v) is 2.48. The van der Waals surface area contributed by atoms with Gasteiger partial charge in [0.05, 0.1) is 0 Å². The van der Waals surface area contributed by atoms with Crippen molar-refractivity contribution in [3.63, 3.8) is 0 Å². The predicted molar refractivity (Wildman–Crippen MR) is 78.2 cm³/mol. The van der Waals surface area contributed by atoms with Gasteiger partial charge in [0.25, 0.3) is 11.8 Å². The Hall–Kier alpha value is -2.46. The Kier molecular flexibility index (Phi) is 6.30. The fourth-order valence-electron chi connectivity index (χ4n) is 1.45. The minimum Gasteiger partial charge on any atom is -0.382 e. The SMILES string of the molecule is NCCCNC(=O)c1nc(N)c(C(=O)NCCN)nc1N. The Morgan fingerprint density at radius 1 is 0.857 bits per heavy atom. The lowest BCUT2D eigenvalue weighted by Crippen LogP contribution is -2.32. The van der Waals surface area contributed by atoms with Gasteiger partial charge in [0.15, 0.2) is 23.0 Å². The molecule has 0 saturated carbocycles. The molecule has 0 aromatic carbocycles. The van der Waals surface area contributed by atoms with Crippen molar-refractivity contribution in [2.24, 2.45) is 11.5 Å². The van der Waals surface area contributed by atoms with Crippen LogP contribution >= 0.6 is 0 Å². The summed E-state index contributed by atoms with van der Waals surface area (Å²) in [6, 6.07) is 0. The van der Waals surface area contributed by atoms with Gasteiger partial charge in [-0.3, -0.25) is 9.59 Å². The van der Waals surface area contributed by atoms with Crippen LogP contribution < -0.4 is 33.6 Å². The van der Waals surface area contributed by atoms with Crippen LogP contribution in [-0.2, 0) is 0 Å². The molecule has 0 spiro atoms. The van der Waals surface area contributed by atoms with Gasteiger partial charge in [-0.05, 0) is 13.0 Å². The van der Waals surface area contributed by atoms with Gasteiger partial charge in [0.2, 0.25) is 0 Å². The van der Waals surface area contributed by atoms with Crippen LogP contribution in [-0.4, -0.2) is 48.0 Å². The number of carbonyl (C=O) groups excluding carboxylic acids is 2. The zero-order valence-corrected chi connectivity index (χ0v) is 11.6. The number of amides is 2. The molecule has 0 atom stereocenters. The van der Waals surface area contributed by atoms with E-state index in [-0.39, 0.29) is 36.1 Å². The van der Waals surface area contributed by atoms with Crippen LogP contribution in [0.1, 0.15) is 27.4 Å². The van der Waals surface area contributed by atoms with E-state index in [1.807, 2.05) is 0 Å². The highest BCUT2D eigenvalue weighted by molar-refractivity contribution is 6.00. The highest BCUT2D eigenvalue weighted by Crippen LogP contribution is 2.12. The summed E-state index contributed by atoms with van der Waals surface area (Å²) >= 11 is 0. The molecule has 1 aromatic rings. The first-order valence-electron chi connectivity index (χ1n) is 6.40. The Morgan fingerprint density at radius 3 is 1.76 bits per heavy atom. The largest absolute Gasteiger partial charge is 0.382 e. The van der Waals surface area contributed by atoms with Crippen LogP contribution in [0, 0.1) is 0 Å². The lowest BCUT2D eigenvalue weighted by Gasteiger charge is -2.10. The summed E-state index contributed by atoms with van der Waals surface area (Å²) in [6.07, 6.45) is 0.619. The summed E-state index contributed by atoms with van der Waals surface area (Å²) in [5, 5.41) is 5.07. The van der Waals surface area contributed by atoms with Crippen LogP contribution in [0.25, 0.3) is 0 Å². The first kappa shape index (κ1) is 16.6. The molecule has 1 rings (SSSR count). The van der Waals surface area contributed by atoms with Crippen molar-refractivity contribution in [2.75, 3.05) is 37.6 Å². The highest BCUT2D eigenvalue weighted by atomic mass is 16.2. The van der Waals surface area contributed by atoms with Gasteiger partial charge in [-0.25, -0.2) is 9.97 Å². The van der Waals surface area contributed by atoms with Gasteiger partial charge in [-0.15, -0.1) is 0 Å². The minimum absolute atomic E-state index is 0.125. The molecule has 0 saturated heterocycles. The van der Waals surface area contributed by atoms with Gasteiger partial charge in [0, 0.05) is 19.6 Å². The molecule has 0 unspecified atom stereocenters. The van der Waals surface area contributed by atoms with Crippen LogP contribution in [0.15, 0.2) is 0 Å². The summed E-state index contributed by atoms with van der Waals surface area (Å²) in [5.41, 5.74) is 21.6. The van der Waals surface area contributed by atoms with Crippen molar-refractivity contribution in [2.45, 2.75) is 6.42 Å². The molecule has 0 aliphatic heterocycles. The third kappa shape index (κ3) is 4.54. The summed E-state index contributed by atoms with van der Waals surface area (Å²) in [4.78, 5) is 31.3. The van der Waals surface area contributed by atoms with E-state index in [9.17, 15) is 9.59 Å². The molecule has 10 N–H and O–H groups in total. The average molecular weight is 296 g/mol. The van der Waals surface area contributed by atoms with Crippen LogP contribution in [0.3, 0.4) is 0 Å². The van der Waals surface area contributed by atoms with Crippen molar-refractivity contribution in [3.8, 4) is 0 Å². The number of nitrogens with two attached hydrogens (primary N) is 4.